The highest BCUT2D eigenvalue weighted by Crippen LogP contribution is 2.38. The fourth-order valence-corrected chi connectivity index (χ4v) is 3.21. The summed E-state index contributed by atoms with van der Waals surface area (Å²) < 4.78 is 26.1. The standard InChI is InChI=1S/C13H15BrF2/c1-8-10(2-3-13(8)14)4-9-5-11(15)7-12(16)6-9/h5-8,10,13H,2-4H2,1H3. The zero-order chi connectivity index (χ0) is 11.7. The average Bonchev–Trinajstić information content (AvgIpc) is 2.48. The molecule has 88 valence electrons. The Morgan fingerprint density at radius 3 is 2.31 bits per heavy atom. The van der Waals surface area contributed by atoms with Crippen LogP contribution in [0.5, 0.6) is 0 Å². The fourth-order valence-electron chi connectivity index (χ4n) is 2.51. The molecule has 0 heterocycles. The molecule has 1 aliphatic rings. The second kappa shape index (κ2) is 4.82. The molecule has 0 bridgehead atoms. The van der Waals surface area contributed by atoms with Crippen molar-refractivity contribution in [1.82, 2.24) is 0 Å². The van der Waals surface area contributed by atoms with Gasteiger partial charge in [-0.05, 0) is 48.8 Å². The second-order valence-corrected chi connectivity index (χ2v) is 5.87. The van der Waals surface area contributed by atoms with Crippen molar-refractivity contribution in [2.24, 2.45) is 11.8 Å². The van der Waals surface area contributed by atoms with Gasteiger partial charge in [-0.1, -0.05) is 22.9 Å². The zero-order valence-corrected chi connectivity index (χ0v) is 10.8. The Balaban J connectivity index is 2.09. The van der Waals surface area contributed by atoms with E-state index in [-0.39, 0.29) is 0 Å². The minimum Gasteiger partial charge on any atom is -0.207 e. The summed E-state index contributed by atoms with van der Waals surface area (Å²) in [6, 6.07) is 3.81. The fraction of sp³-hybridized carbons (Fsp3) is 0.538. The molecule has 0 aliphatic heterocycles. The zero-order valence-electron chi connectivity index (χ0n) is 9.22. The van der Waals surface area contributed by atoms with Gasteiger partial charge < -0.3 is 0 Å². The van der Waals surface area contributed by atoms with Crippen LogP contribution in [0.25, 0.3) is 0 Å². The predicted octanol–water partition coefficient (Wildman–Crippen LogP) is 4.32. The van der Waals surface area contributed by atoms with Crippen molar-refractivity contribution in [3.63, 3.8) is 0 Å². The molecule has 0 radical (unpaired) electrons. The van der Waals surface area contributed by atoms with Crippen molar-refractivity contribution < 1.29 is 8.78 Å². The van der Waals surface area contributed by atoms with E-state index in [9.17, 15) is 8.78 Å². The quantitative estimate of drug-likeness (QED) is 0.711. The van der Waals surface area contributed by atoms with Gasteiger partial charge in [-0.2, -0.15) is 0 Å². The Morgan fingerprint density at radius 1 is 1.19 bits per heavy atom. The van der Waals surface area contributed by atoms with Crippen LogP contribution in [0.15, 0.2) is 18.2 Å². The molecular formula is C13H15BrF2. The topological polar surface area (TPSA) is 0 Å². The van der Waals surface area contributed by atoms with Gasteiger partial charge in [0.15, 0.2) is 0 Å². The lowest BCUT2D eigenvalue weighted by Crippen LogP contribution is -2.13. The van der Waals surface area contributed by atoms with E-state index in [0.29, 0.717) is 16.7 Å². The van der Waals surface area contributed by atoms with Gasteiger partial charge in [0.05, 0.1) is 0 Å². The van der Waals surface area contributed by atoms with Crippen LogP contribution in [-0.4, -0.2) is 4.83 Å². The Hall–Kier alpha value is -0.440. The number of hydrogen-bond donors (Lipinski definition) is 0. The minimum atomic E-state index is -0.476. The van der Waals surface area contributed by atoms with Gasteiger partial charge in [0.1, 0.15) is 11.6 Å². The molecule has 1 aromatic carbocycles. The lowest BCUT2D eigenvalue weighted by molar-refractivity contribution is 0.421. The maximum Gasteiger partial charge on any atom is 0.126 e. The molecule has 3 heteroatoms. The summed E-state index contributed by atoms with van der Waals surface area (Å²) in [4.78, 5) is 0.552. The first-order chi connectivity index (χ1) is 7.56. The van der Waals surface area contributed by atoms with Crippen molar-refractivity contribution in [2.75, 3.05) is 0 Å². The van der Waals surface area contributed by atoms with Crippen LogP contribution in [0.4, 0.5) is 8.78 Å². The molecule has 3 unspecified atom stereocenters. The number of alkyl halides is 1. The molecule has 0 aromatic heterocycles. The summed E-state index contributed by atoms with van der Waals surface area (Å²) in [6.07, 6.45) is 3.07. The largest absolute Gasteiger partial charge is 0.207 e. The van der Waals surface area contributed by atoms with Gasteiger partial charge in [0, 0.05) is 10.9 Å². The first kappa shape index (κ1) is 12.0. The first-order valence-electron chi connectivity index (χ1n) is 5.65. The number of benzene rings is 1. The van der Waals surface area contributed by atoms with E-state index >= 15 is 0 Å². The van der Waals surface area contributed by atoms with E-state index < -0.39 is 11.6 Å². The molecule has 0 spiro atoms. The Morgan fingerprint density at radius 2 is 1.81 bits per heavy atom. The highest BCUT2D eigenvalue weighted by Gasteiger charge is 2.30. The molecule has 3 atom stereocenters. The molecule has 0 saturated heterocycles. The van der Waals surface area contributed by atoms with Crippen molar-refractivity contribution in [3.05, 3.63) is 35.4 Å². The van der Waals surface area contributed by atoms with Crippen LogP contribution < -0.4 is 0 Å². The third kappa shape index (κ3) is 2.62. The van der Waals surface area contributed by atoms with Crippen molar-refractivity contribution in [3.8, 4) is 0 Å². The molecule has 16 heavy (non-hydrogen) atoms. The van der Waals surface area contributed by atoms with Crippen molar-refractivity contribution in [1.29, 1.82) is 0 Å². The highest BCUT2D eigenvalue weighted by atomic mass is 79.9. The lowest BCUT2D eigenvalue weighted by atomic mass is 9.91. The average molecular weight is 289 g/mol. The SMILES string of the molecule is CC1C(Br)CCC1Cc1cc(F)cc(F)c1. The summed E-state index contributed by atoms with van der Waals surface area (Å²) in [5.41, 5.74) is 0.774. The van der Waals surface area contributed by atoms with E-state index in [1.807, 2.05) is 0 Å². The highest BCUT2D eigenvalue weighted by molar-refractivity contribution is 9.09. The third-order valence-electron chi connectivity index (χ3n) is 3.55. The molecule has 0 N–H and O–H groups in total. The molecule has 0 nitrogen and oxygen atoms in total. The van der Waals surface area contributed by atoms with Crippen LogP contribution >= 0.6 is 15.9 Å². The monoisotopic (exact) mass is 288 g/mol. The first-order valence-corrected chi connectivity index (χ1v) is 6.57. The van der Waals surface area contributed by atoms with E-state index in [0.717, 1.165) is 30.9 Å². The second-order valence-electron chi connectivity index (χ2n) is 4.69. The third-order valence-corrected chi connectivity index (χ3v) is 4.84. The summed E-state index contributed by atoms with van der Waals surface area (Å²) in [6.45, 7) is 2.20. The van der Waals surface area contributed by atoms with Crippen LogP contribution in [-0.2, 0) is 6.42 Å². The maximum atomic E-state index is 13.0. The summed E-state index contributed by atoms with van der Waals surface area (Å²) in [5.74, 6) is 0.156. The van der Waals surface area contributed by atoms with Crippen LogP contribution in [0.1, 0.15) is 25.3 Å². The summed E-state index contributed by atoms with van der Waals surface area (Å²) >= 11 is 3.64. The number of hydrogen-bond acceptors (Lipinski definition) is 0. The Bertz CT molecular complexity index is 358. The molecule has 1 saturated carbocycles. The number of rotatable bonds is 2. The van der Waals surface area contributed by atoms with Crippen LogP contribution in [0.2, 0.25) is 0 Å². The van der Waals surface area contributed by atoms with Gasteiger partial charge in [-0.3, -0.25) is 0 Å². The Kier molecular flexibility index (Phi) is 3.63. The molecule has 2 rings (SSSR count). The van der Waals surface area contributed by atoms with Crippen molar-refractivity contribution >= 4 is 15.9 Å². The van der Waals surface area contributed by atoms with Crippen molar-refractivity contribution in [2.45, 2.75) is 31.0 Å². The van der Waals surface area contributed by atoms with Gasteiger partial charge in [0.25, 0.3) is 0 Å². The summed E-state index contributed by atoms with van der Waals surface area (Å²) in [5, 5.41) is 0. The van der Waals surface area contributed by atoms with E-state index in [2.05, 4.69) is 22.9 Å². The molecule has 1 aliphatic carbocycles. The normalized spacial score (nSPS) is 29.6. The Labute approximate surface area is 103 Å². The lowest BCUT2D eigenvalue weighted by Gasteiger charge is -2.17. The van der Waals surface area contributed by atoms with E-state index in [1.165, 1.54) is 12.1 Å². The van der Waals surface area contributed by atoms with Gasteiger partial charge in [-0.15, -0.1) is 0 Å². The van der Waals surface area contributed by atoms with Gasteiger partial charge in [-0.25, -0.2) is 8.78 Å². The maximum absolute atomic E-state index is 13.0. The van der Waals surface area contributed by atoms with E-state index in [1.54, 1.807) is 0 Å². The van der Waals surface area contributed by atoms with Crippen LogP contribution in [0, 0.1) is 23.5 Å². The predicted molar refractivity (Wildman–Crippen MR) is 64.7 cm³/mol. The number of halogens is 3. The molecule has 0 amide bonds. The smallest absolute Gasteiger partial charge is 0.126 e. The van der Waals surface area contributed by atoms with Crippen LogP contribution in [0.3, 0.4) is 0 Å². The summed E-state index contributed by atoms with van der Waals surface area (Å²) in [7, 11) is 0. The minimum absolute atomic E-state index is 0.476. The van der Waals surface area contributed by atoms with E-state index in [4.69, 9.17) is 0 Å². The van der Waals surface area contributed by atoms with Gasteiger partial charge >= 0.3 is 0 Å². The molecular weight excluding hydrogens is 274 g/mol. The molecule has 1 aromatic rings. The molecule has 1 fully saturated rings. The van der Waals surface area contributed by atoms with Gasteiger partial charge in [0.2, 0.25) is 0 Å².